The lowest BCUT2D eigenvalue weighted by molar-refractivity contribution is 0.0701. The predicted octanol–water partition coefficient (Wildman–Crippen LogP) is 1.17. The molecule has 0 fully saturated rings. The number of aryl methyl sites for hydroxylation is 1. The van der Waals surface area contributed by atoms with Gasteiger partial charge in [0.25, 0.3) is 5.91 Å². The summed E-state index contributed by atoms with van der Waals surface area (Å²) in [6.07, 6.45) is 4.55. The minimum absolute atomic E-state index is 0.0383. The predicted molar refractivity (Wildman–Crippen MR) is 72.4 cm³/mol. The minimum Gasteiger partial charge on any atom is -0.394 e. The van der Waals surface area contributed by atoms with Crippen molar-refractivity contribution in [1.29, 1.82) is 0 Å². The Labute approximate surface area is 116 Å². The van der Waals surface area contributed by atoms with Gasteiger partial charge in [-0.3, -0.25) is 10.0 Å². The molecular weight excluding hydrogens is 258 g/mol. The molecule has 0 spiro atoms. The van der Waals surface area contributed by atoms with Crippen LogP contribution in [0, 0.1) is 0 Å². The first-order valence-electron chi connectivity index (χ1n) is 6.37. The fraction of sp³-hybridized carbons (Fsp3) is 0.286. The van der Waals surface area contributed by atoms with Crippen LogP contribution >= 0.6 is 0 Å². The summed E-state index contributed by atoms with van der Waals surface area (Å²) < 4.78 is 1.69. The summed E-state index contributed by atoms with van der Waals surface area (Å²) in [6.45, 7) is -0.0383. The van der Waals surface area contributed by atoms with E-state index < -0.39 is 5.91 Å². The number of nitrogens with one attached hydrogen (secondary N) is 1. The van der Waals surface area contributed by atoms with Gasteiger partial charge in [0.1, 0.15) is 5.69 Å². The van der Waals surface area contributed by atoms with Crippen LogP contribution in [-0.4, -0.2) is 32.4 Å². The highest BCUT2D eigenvalue weighted by Gasteiger charge is 2.14. The Morgan fingerprint density at radius 1 is 1.35 bits per heavy atom. The van der Waals surface area contributed by atoms with Gasteiger partial charge in [-0.15, -0.1) is 0 Å². The van der Waals surface area contributed by atoms with Gasteiger partial charge < -0.3 is 9.67 Å². The van der Waals surface area contributed by atoms with Gasteiger partial charge in [-0.2, -0.15) is 0 Å². The van der Waals surface area contributed by atoms with E-state index in [0.29, 0.717) is 0 Å². The zero-order chi connectivity index (χ0) is 14.4. The van der Waals surface area contributed by atoms with Crippen molar-refractivity contribution >= 4 is 5.91 Å². The highest BCUT2D eigenvalue weighted by molar-refractivity contribution is 5.91. The molecule has 1 atom stereocenters. The zero-order valence-electron chi connectivity index (χ0n) is 10.9. The Morgan fingerprint density at radius 3 is 2.75 bits per heavy atom. The number of hydrogen-bond donors (Lipinski definition) is 3. The average molecular weight is 275 g/mol. The van der Waals surface area contributed by atoms with E-state index in [2.05, 4.69) is 4.98 Å². The maximum absolute atomic E-state index is 11.2. The van der Waals surface area contributed by atoms with Crippen LogP contribution < -0.4 is 5.48 Å². The molecule has 0 saturated carbocycles. The molecule has 0 aliphatic heterocycles. The van der Waals surface area contributed by atoms with E-state index in [9.17, 15) is 9.90 Å². The number of hydroxylamine groups is 1. The fourth-order valence-corrected chi connectivity index (χ4v) is 2.02. The number of benzene rings is 1. The number of carbonyl (C=O) groups is 1. The molecule has 106 valence electrons. The molecule has 1 aromatic carbocycles. The Kier molecular flexibility index (Phi) is 4.86. The van der Waals surface area contributed by atoms with E-state index in [1.807, 2.05) is 30.3 Å². The second-order valence-electron chi connectivity index (χ2n) is 4.51. The number of amides is 1. The summed E-state index contributed by atoms with van der Waals surface area (Å²) >= 11 is 0. The summed E-state index contributed by atoms with van der Waals surface area (Å²) in [5.74, 6) is -0.663. The van der Waals surface area contributed by atoms with Gasteiger partial charge in [-0.05, 0) is 18.4 Å². The Hall–Kier alpha value is -2.18. The van der Waals surface area contributed by atoms with Crippen molar-refractivity contribution in [2.45, 2.75) is 18.9 Å². The van der Waals surface area contributed by atoms with Crippen LogP contribution in [0.1, 0.15) is 28.5 Å². The van der Waals surface area contributed by atoms with E-state index in [0.717, 1.165) is 12.8 Å². The SMILES string of the molecule is O=C(NO)c1cn(C(CO)CCc2ccccc2)cn1. The summed E-state index contributed by atoms with van der Waals surface area (Å²) in [4.78, 5) is 15.1. The van der Waals surface area contributed by atoms with E-state index in [4.69, 9.17) is 5.21 Å². The second kappa shape index (κ2) is 6.83. The number of aromatic nitrogens is 2. The molecule has 0 aliphatic carbocycles. The highest BCUT2D eigenvalue weighted by Crippen LogP contribution is 2.15. The molecule has 0 saturated heterocycles. The van der Waals surface area contributed by atoms with E-state index in [-0.39, 0.29) is 18.3 Å². The molecule has 6 heteroatoms. The summed E-state index contributed by atoms with van der Waals surface area (Å²) in [5.41, 5.74) is 2.84. The fourth-order valence-electron chi connectivity index (χ4n) is 2.02. The lowest BCUT2D eigenvalue weighted by Gasteiger charge is -2.15. The number of nitrogens with zero attached hydrogens (tertiary/aromatic N) is 2. The van der Waals surface area contributed by atoms with Crippen molar-refractivity contribution in [1.82, 2.24) is 15.0 Å². The summed E-state index contributed by atoms with van der Waals surface area (Å²) in [6, 6.07) is 9.83. The van der Waals surface area contributed by atoms with Crippen molar-refractivity contribution in [2.24, 2.45) is 0 Å². The van der Waals surface area contributed by atoms with Crippen LogP contribution in [0.25, 0.3) is 0 Å². The minimum atomic E-state index is -0.663. The average Bonchev–Trinajstić information content (AvgIpc) is 2.98. The van der Waals surface area contributed by atoms with Crippen molar-refractivity contribution < 1.29 is 15.1 Å². The number of aliphatic hydroxyl groups is 1. The molecule has 20 heavy (non-hydrogen) atoms. The first kappa shape index (κ1) is 14.2. The highest BCUT2D eigenvalue weighted by atomic mass is 16.5. The van der Waals surface area contributed by atoms with Crippen molar-refractivity contribution in [3.63, 3.8) is 0 Å². The maximum atomic E-state index is 11.2. The molecule has 0 radical (unpaired) electrons. The Balaban J connectivity index is 2.01. The second-order valence-corrected chi connectivity index (χ2v) is 4.51. The number of hydrogen-bond acceptors (Lipinski definition) is 4. The van der Waals surface area contributed by atoms with Gasteiger partial charge in [0.15, 0.2) is 0 Å². The number of rotatable bonds is 6. The normalized spacial score (nSPS) is 12.1. The molecule has 3 N–H and O–H groups in total. The first-order valence-corrected chi connectivity index (χ1v) is 6.37. The third-order valence-corrected chi connectivity index (χ3v) is 3.18. The lowest BCUT2D eigenvalue weighted by Crippen LogP contribution is -2.19. The monoisotopic (exact) mass is 275 g/mol. The Bertz CT molecular complexity index is 554. The third-order valence-electron chi connectivity index (χ3n) is 3.18. The number of imidazole rings is 1. The largest absolute Gasteiger partial charge is 0.394 e. The van der Waals surface area contributed by atoms with Gasteiger partial charge in [0.2, 0.25) is 0 Å². The standard InChI is InChI=1S/C14H17N3O3/c18-9-12(7-6-11-4-2-1-3-5-11)17-8-13(15-10-17)14(19)16-20/h1-5,8,10,12,18,20H,6-7,9H2,(H,16,19). The third kappa shape index (κ3) is 3.43. The Morgan fingerprint density at radius 2 is 2.10 bits per heavy atom. The van der Waals surface area contributed by atoms with Crippen LogP contribution in [0.2, 0.25) is 0 Å². The molecular formula is C14H17N3O3. The van der Waals surface area contributed by atoms with E-state index in [1.54, 1.807) is 4.57 Å². The van der Waals surface area contributed by atoms with Crippen molar-refractivity contribution in [3.8, 4) is 0 Å². The smallest absolute Gasteiger partial charge is 0.294 e. The van der Waals surface area contributed by atoms with Gasteiger partial charge >= 0.3 is 0 Å². The van der Waals surface area contributed by atoms with Gasteiger partial charge in [0, 0.05) is 6.20 Å². The van der Waals surface area contributed by atoms with Crippen LogP contribution in [-0.2, 0) is 6.42 Å². The molecule has 1 amide bonds. The van der Waals surface area contributed by atoms with Gasteiger partial charge in [-0.25, -0.2) is 10.5 Å². The molecule has 2 aromatic rings. The lowest BCUT2D eigenvalue weighted by atomic mass is 10.1. The zero-order valence-corrected chi connectivity index (χ0v) is 10.9. The molecule has 2 rings (SSSR count). The molecule has 1 heterocycles. The molecule has 1 unspecified atom stereocenters. The van der Waals surface area contributed by atoms with Crippen molar-refractivity contribution in [2.75, 3.05) is 6.61 Å². The molecule has 1 aromatic heterocycles. The van der Waals surface area contributed by atoms with Crippen LogP contribution in [0.3, 0.4) is 0 Å². The van der Waals surface area contributed by atoms with Gasteiger partial charge in [0.05, 0.1) is 19.0 Å². The molecule has 0 aliphatic rings. The van der Waals surface area contributed by atoms with Crippen LogP contribution in [0.4, 0.5) is 0 Å². The number of carbonyl (C=O) groups excluding carboxylic acids is 1. The quantitative estimate of drug-likeness (QED) is 0.545. The van der Waals surface area contributed by atoms with E-state index in [1.165, 1.54) is 23.6 Å². The number of aliphatic hydroxyl groups excluding tert-OH is 1. The first-order chi connectivity index (χ1) is 9.74. The van der Waals surface area contributed by atoms with Crippen molar-refractivity contribution in [3.05, 3.63) is 54.1 Å². The van der Waals surface area contributed by atoms with E-state index >= 15 is 0 Å². The summed E-state index contributed by atoms with van der Waals surface area (Å²) in [5, 5.41) is 18.0. The van der Waals surface area contributed by atoms with Crippen LogP contribution in [0.15, 0.2) is 42.9 Å². The molecule has 0 bridgehead atoms. The maximum Gasteiger partial charge on any atom is 0.294 e. The topological polar surface area (TPSA) is 87.4 Å². The van der Waals surface area contributed by atoms with Crippen LogP contribution in [0.5, 0.6) is 0 Å². The molecule has 6 nitrogen and oxygen atoms in total. The van der Waals surface area contributed by atoms with Gasteiger partial charge in [-0.1, -0.05) is 30.3 Å². The summed E-state index contributed by atoms with van der Waals surface area (Å²) in [7, 11) is 0.